The molecule has 142 valence electrons. The average Bonchev–Trinajstić information content (AvgIpc) is 2.70. The average molecular weight is 394 g/mol. The number of hydrogen-bond acceptors (Lipinski definition) is 6. The molecule has 0 saturated carbocycles. The largest absolute Gasteiger partial charge is 0.453 e. The van der Waals surface area contributed by atoms with Crippen LogP contribution in [0.15, 0.2) is 78.1 Å². The van der Waals surface area contributed by atoms with Gasteiger partial charge in [0.25, 0.3) is 0 Å². The number of anilines is 1. The number of nitrogen functional groups attached to an aromatic ring is 1. The van der Waals surface area contributed by atoms with E-state index in [0.717, 1.165) is 5.57 Å². The van der Waals surface area contributed by atoms with Gasteiger partial charge in [0, 0.05) is 17.3 Å². The van der Waals surface area contributed by atoms with Crippen molar-refractivity contribution in [3.8, 4) is 11.5 Å². The van der Waals surface area contributed by atoms with Crippen molar-refractivity contribution in [3.05, 3.63) is 78.8 Å². The molecule has 0 atom stereocenters. The molecule has 1 aromatic carbocycles. The summed E-state index contributed by atoms with van der Waals surface area (Å²) in [6, 6.07) is 7.39. The lowest BCUT2D eigenvalue weighted by molar-refractivity contribution is 0.482. The van der Waals surface area contributed by atoms with Gasteiger partial charge in [0.15, 0.2) is 22.4 Å². The van der Waals surface area contributed by atoms with Gasteiger partial charge in [-0.05, 0) is 42.8 Å². The molecule has 0 aliphatic heterocycles. The van der Waals surface area contributed by atoms with Crippen molar-refractivity contribution in [2.45, 2.75) is 12.1 Å². The number of allylic oxidation sites excluding steroid dienone is 4. The molecule has 28 heavy (non-hydrogen) atoms. The Morgan fingerprint density at radius 2 is 2.07 bits per heavy atom. The molecule has 0 aliphatic rings. The van der Waals surface area contributed by atoms with Gasteiger partial charge in [0.05, 0.1) is 0 Å². The molecule has 0 bridgehead atoms. The number of ether oxygens (including phenoxy) is 1. The standard InChI is InChI=1S/C21H19FN4OS/c1-3-5-6-14(4-2)13-28-21-24-12-15-11-18(19(23)25-20(15)26-21)27-17-9-7-16(22)8-10-17/h3-12H,2,13H2,1H3,(H2,23,24,25,26)/b5-3-,14-6+. The number of halogens is 1. The van der Waals surface area contributed by atoms with Crippen LogP contribution in [-0.2, 0) is 0 Å². The molecule has 0 fully saturated rings. The minimum atomic E-state index is -0.337. The van der Waals surface area contributed by atoms with E-state index in [0.29, 0.717) is 33.4 Å². The fraction of sp³-hybridized carbons (Fsp3) is 0.0952. The third-order valence-corrected chi connectivity index (χ3v) is 4.65. The number of rotatable bonds is 7. The van der Waals surface area contributed by atoms with Crippen LogP contribution in [0.3, 0.4) is 0 Å². The van der Waals surface area contributed by atoms with Crippen molar-refractivity contribution in [1.29, 1.82) is 0 Å². The highest BCUT2D eigenvalue weighted by Crippen LogP contribution is 2.29. The van der Waals surface area contributed by atoms with E-state index in [-0.39, 0.29) is 11.6 Å². The molecule has 2 heterocycles. The molecule has 2 N–H and O–H groups in total. The number of hydrogen-bond donors (Lipinski definition) is 1. The molecule has 2 aromatic heterocycles. The summed E-state index contributed by atoms with van der Waals surface area (Å²) in [7, 11) is 0. The second-order valence-corrected chi connectivity index (χ2v) is 6.70. The maximum absolute atomic E-state index is 13.0. The summed E-state index contributed by atoms with van der Waals surface area (Å²) >= 11 is 1.49. The molecule has 0 amide bonds. The SMILES string of the molecule is C=C/C(=C\C=C/C)CSc1ncc2cc(Oc3ccc(F)cc3)c(N)nc2n1. The monoisotopic (exact) mass is 394 g/mol. The summed E-state index contributed by atoms with van der Waals surface area (Å²) in [5.74, 6) is 1.39. The topological polar surface area (TPSA) is 73.9 Å². The third-order valence-electron chi connectivity index (χ3n) is 3.71. The van der Waals surface area contributed by atoms with E-state index < -0.39 is 0 Å². The first kappa shape index (κ1) is 19.6. The maximum atomic E-state index is 13.0. The summed E-state index contributed by atoms with van der Waals surface area (Å²) < 4.78 is 18.7. The quantitative estimate of drug-likeness (QED) is 0.332. The van der Waals surface area contributed by atoms with E-state index in [1.807, 2.05) is 31.2 Å². The highest BCUT2D eigenvalue weighted by Gasteiger charge is 2.10. The Hall–Kier alpha value is -3.19. The predicted molar refractivity (Wildman–Crippen MR) is 112 cm³/mol. The first-order valence-corrected chi connectivity index (χ1v) is 9.51. The van der Waals surface area contributed by atoms with Crippen LogP contribution in [0.4, 0.5) is 10.2 Å². The van der Waals surface area contributed by atoms with Crippen molar-refractivity contribution in [1.82, 2.24) is 15.0 Å². The van der Waals surface area contributed by atoms with E-state index in [2.05, 4.69) is 21.5 Å². The molecule has 0 radical (unpaired) electrons. The van der Waals surface area contributed by atoms with Crippen molar-refractivity contribution in [3.63, 3.8) is 0 Å². The summed E-state index contributed by atoms with van der Waals surface area (Å²) in [6.45, 7) is 5.78. The predicted octanol–water partition coefficient (Wildman–Crippen LogP) is 5.32. The van der Waals surface area contributed by atoms with Gasteiger partial charge in [-0.2, -0.15) is 0 Å². The van der Waals surface area contributed by atoms with Crippen LogP contribution < -0.4 is 10.5 Å². The van der Waals surface area contributed by atoms with Gasteiger partial charge in [-0.25, -0.2) is 19.3 Å². The van der Waals surface area contributed by atoms with E-state index >= 15 is 0 Å². The number of nitrogens with two attached hydrogens (primary N) is 1. The van der Waals surface area contributed by atoms with E-state index in [9.17, 15) is 4.39 Å². The van der Waals surface area contributed by atoms with Gasteiger partial charge >= 0.3 is 0 Å². The van der Waals surface area contributed by atoms with Crippen LogP contribution in [0.5, 0.6) is 11.5 Å². The molecule has 0 unspecified atom stereocenters. The summed E-state index contributed by atoms with van der Waals surface area (Å²) in [5, 5.41) is 1.30. The second kappa shape index (κ2) is 9.14. The lowest BCUT2D eigenvalue weighted by Gasteiger charge is -2.09. The lowest BCUT2D eigenvalue weighted by Crippen LogP contribution is -1.99. The molecule has 0 saturated heterocycles. The third kappa shape index (κ3) is 4.95. The zero-order valence-corrected chi connectivity index (χ0v) is 16.1. The minimum absolute atomic E-state index is 0.200. The molecule has 5 nitrogen and oxygen atoms in total. The second-order valence-electron chi connectivity index (χ2n) is 5.75. The zero-order chi connectivity index (χ0) is 19.9. The normalized spacial score (nSPS) is 11.9. The number of aromatic nitrogens is 3. The van der Waals surface area contributed by atoms with E-state index in [4.69, 9.17) is 10.5 Å². The number of thioether (sulfide) groups is 1. The van der Waals surface area contributed by atoms with Gasteiger partial charge in [0.2, 0.25) is 0 Å². The Kier molecular flexibility index (Phi) is 6.39. The summed E-state index contributed by atoms with van der Waals surface area (Å²) in [6.07, 6.45) is 9.40. The fourth-order valence-corrected chi connectivity index (χ4v) is 3.05. The van der Waals surface area contributed by atoms with Gasteiger partial charge < -0.3 is 10.5 Å². The fourth-order valence-electron chi connectivity index (χ4n) is 2.27. The first-order valence-electron chi connectivity index (χ1n) is 8.53. The van der Waals surface area contributed by atoms with Gasteiger partial charge in [-0.1, -0.05) is 42.6 Å². The van der Waals surface area contributed by atoms with Crippen molar-refractivity contribution < 1.29 is 9.13 Å². The molecule has 3 rings (SSSR count). The van der Waals surface area contributed by atoms with Crippen LogP contribution in [0.1, 0.15) is 6.92 Å². The first-order chi connectivity index (χ1) is 13.6. The van der Waals surface area contributed by atoms with Gasteiger partial charge in [-0.3, -0.25) is 0 Å². The van der Waals surface area contributed by atoms with Crippen LogP contribution >= 0.6 is 11.8 Å². The highest BCUT2D eigenvalue weighted by atomic mass is 32.2. The Labute approximate surface area is 166 Å². The zero-order valence-electron chi connectivity index (χ0n) is 15.3. The van der Waals surface area contributed by atoms with Crippen LogP contribution in [0.2, 0.25) is 0 Å². The minimum Gasteiger partial charge on any atom is -0.453 e. The summed E-state index contributed by atoms with van der Waals surface area (Å²) in [4.78, 5) is 13.1. The number of nitrogens with zero attached hydrogens (tertiary/aromatic N) is 3. The number of pyridine rings is 1. The van der Waals surface area contributed by atoms with Crippen molar-refractivity contribution >= 4 is 28.6 Å². The maximum Gasteiger partial charge on any atom is 0.189 e. The van der Waals surface area contributed by atoms with Gasteiger partial charge in [-0.15, -0.1) is 0 Å². The van der Waals surface area contributed by atoms with Crippen molar-refractivity contribution in [2.24, 2.45) is 0 Å². The number of benzene rings is 1. The van der Waals surface area contributed by atoms with E-state index in [1.165, 1.54) is 36.0 Å². The Balaban J connectivity index is 1.79. The Morgan fingerprint density at radius 1 is 1.29 bits per heavy atom. The van der Waals surface area contributed by atoms with Gasteiger partial charge in [0.1, 0.15) is 11.6 Å². The van der Waals surface area contributed by atoms with E-state index in [1.54, 1.807) is 12.3 Å². The van der Waals surface area contributed by atoms with Crippen LogP contribution in [0, 0.1) is 5.82 Å². The Bertz CT molecular complexity index is 1050. The smallest absolute Gasteiger partial charge is 0.189 e. The molecule has 7 heteroatoms. The highest BCUT2D eigenvalue weighted by molar-refractivity contribution is 7.99. The van der Waals surface area contributed by atoms with Crippen molar-refractivity contribution in [2.75, 3.05) is 11.5 Å². The molecule has 0 spiro atoms. The molecule has 0 aliphatic carbocycles. The summed E-state index contributed by atoms with van der Waals surface area (Å²) in [5.41, 5.74) is 7.56. The lowest BCUT2D eigenvalue weighted by atomic mass is 10.3. The number of fused-ring (bicyclic) bond motifs is 1. The molecular formula is C21H19FN4OS. The van der Waals surface area contributed by atoms with Crippen LogP contribution in [0.25, 0.3) is 11.0 Å². The Morgan fingerprint density at radius 3 is 2.79 bits per heavy atom. The van der Waals surface area contributed by atoms with Crippen LogP contribution in [-0.4, -0.2) is 20.7 Å². The molecule has 3 aromatic rings. The molecular weight excluding hydrogens is 375 g/mol.